The van der Waals surface area contributed by atoms with Gasteiger partial charge in [0, 0.05) is 24.0 Å². The summed E-state index contributed by atoms with van der Waals surface area (Å²) in [5, 5.41) is 22.7. The highest BCUT2D eigenvalue weighted by atomic mass is 32.2. The van der Waals surface area contributed by atoms with Crippen LogP contribution in [-0.2, 0) is 16.4 Å². The molecule has 0 aliphatic heterocycles. The van der Waals surface area contributed by atoms with E-state index < -0.39 is 15.8 Å². The molecule has 0 radical (unpaired) electrons. The highest BCUT2D eigenvalue weighted by Gasteiger charge is 2.18. The first-order valence-electron chi connectivity index (χ1n) is 7.49. The molecule has 0 amide bonds. The van der Waals surface area contributed by atoms with Crippen molar-refractivity contribution in [2.75, 3.05) is 6.26 Å². The van der Waals surface area contributed by atoms with E-state index in [0.29, 0.717) is 16.5 Å². The quantitative estimate of drug-likeness (QED) is 0.741. The molecule has 3 aromatic rings. The zero-order valence-electron chi connectivity index (χ0n) is 14.0. The number of carboxylic acids is 1. The van der Waals surface area contributed by atoms with Gasteiger partial charge in [-0.15, -0.1) is 0 Å². The lowest BCUT2D eigenvalue weighted by Gasteiger charge is -2.09. The topological polar surface area (TPSA) is 126 Å². The zero-order valence-corrected chi connectivity index (χ0v) is 14.8. The molecule has 0 spiro atoms. The SMILES string of the molecule is Cc1cnc2c(S(C)(=O)=O)cc(Cn3cc(C(=O)O)c(C#N)n3)cc2c1. The standard InChI is InChI=1S/C17H14N4O4S/c1-10-3-12-4-11(5-15(26(2,24)25)16(12)19-7-10)8-21-9-13(17(22)23)14(6-18)20-21/h3-5,7,9H,8H2,1-2H3,(H,22,23). The van der Waals surface area contributed by atoms with Crippen LogP contribution in [0, 0.1) is 18.3 Å². The Morgan fingerprint density at radius 1 is 1.35 bits per heavy atom. The van der Waals surface area contributed by atoms with E-state index in [1.807, 2.05) is 13.0 Å². The maximum atomic E-state index is 12.1. The monoisotopic (exact) mass is 370 g/mol. The van der Waals surface area contributed by atoms with Crippen LogP contribution in [0.3, 0.4) is 0 Å². The van der Waals surface area contributed by atoms with Gasteiger partial charge in [-0.25, -0.2) is 13.2 Å². The molecule has 0 bridgehead atoms. The first kappa shape index (κ1) is 17.6. The summed E-state index contributed by atoms with van der Waals surface area (Å²) in [7, 11) is -3.52. The number of nitrogens with zero attached hydrogens (tertiary/aromatic N) is 4. The van der Waals surface area contributed by atoms with Gasteiger partial charge in [0.05, 0.1) is 17.0 Å². The fourth-order valence-corrected chi connectivity index (χ4v) is 3.58. The first-order valence-corrected chi connectivity index (χ1v) is 9.38. The van der Waals surface area contributed by atoms with Crippen LogP contribution < -0.4 is 0 Å². The van der Waals surface area contributed by atoms with Gasteiger partial charge in [0.1, 0.15) is 11.6 Å². The van der Waals surface area contributed by atoms with Crippen molar-refractivity contribution in [1.82, 2.24) is 14.8 Å². The molecule has 3 rings (SSSR count). The van der Waals surface area contributed by atoms with Crippen LogP contribution in [0.4, 0.5) is 0 Å². The molecule has 8 nitrogen and oxygen atoms in total. The number of hydrogen-bond donors (Lipinski definition) is 1. The molecule has 0 atom stereocenters. The second-order valence-corrected chi connectivity index (χ2v) is 7.94. The number of aromatic carboxylic acids is 1. The molecule has 26 heavy (non-hydrogen) atoms. The lowest BCUT2D eigenvalue weighted by molar-refractivity contribution is 0.0696. The smallest absolute Gasteiger partial charge is 0.340 e. The normalized spacial score (nSPS) is 11.4. The van der Waals surface area contributed by atoms with Crippen molar-refractivity contribution in [2.45, 2.75) is 18.4 Å². The van der Waals surface area contributed by atoms with Gasteiger partial charge in [-0.2, -0.15) is 10.4 Å². The van der Waals surface area contributed by atoms with Crippen LogP contribution >= 0.6 is 0 Å². The zero-order chi connectivity index (χ0) is 19.1. The summed E-state index contributed by atoms with van der Waals surface area (Å²) in [6, 6.07) is 6.83. The summed E-state index contributed by atoms with van der Waals surface area (Å²) in [6.45, 7) is 1.97. The Labute approximate surface area is 149 Å². The van der Waals surface area contributed by atoms with Gasteiger partial charge < -0.3 is 5.11 Å². The van der Waals surface area contributed by atoms with E-state index in [2.05, 4.69) is 10.1 Å². The van der Waals surface area contributed by atoms with Crippen LogP contribution in [0.1, 0.15) is 27.2 Å². The molecule has 0 unspecified atom stereocenters. The number of benzene rings is 1. The largest absolute Gasteiger partial charge is 0.478 e. The molecule has 0 fully saturated rings. The molecule has 0 saturated carbocycles. The number of pyridine rings is 1. The second kappa shape index (κ2) is 6.24. The summed E-state index contributed by atoms with van der Waals surface area (Å²) in [5.74, 6) is -1.25. The molecule has 1 N–H and O–H groups in total. The van der Waals surface area contributed by atoms with Crippen LogP contribution in [0.2, 0.25) is 0 Å². The van der Waals surface area contributed by atoms with E-state index in [9.17, 15) is 13.2 Å². The van der Waals surface area contributed by atoms with Gasteiger partial charge in [-0.05, 0) is 36.2 Å². The molecule has 132 valence electrons. The predicted octanol–water partition coefficient (Wildman–Crippen LogP) is 1.76. The number of rotatable bonds is 4. The van der Waals surface area contributed by atoms with E-state index in [0.717, 1.165) is 11.8 Å². The molecule has 2 heterocycles. The number of aryl methyl sites for hydroxylation is 1. The highest BCUT2D eigenvalue weighted by Crippen LogP contribution is 2.25. The summed E-state index contributed by atoms with van der Waals surface area (Å²) < 4.78 is 25.6. The van der Waals surface area contributed by atoms with Crippen LogP contribution in [0.25, 0.3) is 10.9 Å². The summed E-state index contributed by atoms with van der Waals surface area (Å²) in [4.78, 5) is 15.5. The van der Waals surface area contributed by atoms with Gasteiger partial charge in [-0.3, -0.25) is 9.67 Å². The van der Waals surface area contributed by atoms with Crippen molar-refractivity contribution >= 4 is 26.7 Å². The third kappa shape index (κ3) is 3.27. The maximum Gasteiger partial charge on any atom is 0.340 e. The number of nitriles is 1. The second-order valence-electron chi connectivity index (χ2n) is 5.96. The van der Waals surface area contributed by atoms with Crippen molar-refractivity contribution in [3.63, 3.8) is 0 Å². The van der Waals surface area contributed by atoms with Crippen LogP contribution in [0.15, 0.2) is 35.5 Å². The maximum absolute atomic E-state index is 12.1. The Morgan fingerprint density at radius 3 is 2.65 bits per heavy atom. The van der Waals surface area contributed by atoms with Crippen LogP contribution in [-0.4, -0.2) is 40.5 Å². The molecule has 0 saturated heterocycles. The molecular formula is C17H14N4O4S. The lowest BCUT2D eigenvalue weighted by atomic mass is 10.1. The Hall–Kier alpha value is -3.25. The van der Waals surface area contributed by atoms with Crippen molar-refractivity contribution in [3.05, 3.63) is 53.0 Å². The van der Waals surface area contributed by atoms with Gasteiger partial charge >= 0.3 is 5.97 Å². The Kier molecular flexibility index (Phi) is 4.21. The van der Waals surface area contributed by atoms with Crippen LogP contribution in [0.5, 0.6) is 0 Å². The number of fused-ring (bicyclic) bond motifs is 1. The van der Waals surface area contributed by atoms with Gasteiger partial charge in [-0.1, -0.05) is 0 Å². The fourth-order valence-electron chi connectivity index (χ4n) is 2.69. The van der Waals surface area contributed by atoms with Crippen molar-refractivity contribution < 1.29 is 18.3 Å². The highest BCUT2D eigenvalue weighted by molar-refractivity contribution is 7.91. The average Bonchev–Trinajstić information content (AvgIpc) is 2.96. The van der Waals surface area contributed by atoms with E-state index in [1.54, 1.807) is 18.3 Å². The number of aromatic nitrogens is 3. The number of hydrogen-bond acceptors (Lipinski definition) is 6. The molecule has 0 aliphatic rings. The Bertz CT molecular complexity index is 1190. The van der Waals surface area contributed by atoms with Gasteiger partial charge in [0.2, 0.25) is 0 Å². The van der Waals surface area contributed by atoms with Crippen molar-refractivity contribution in [1.29, 1.82) is 5.26 Å². The first-order chi connectivity index (χ1) is 12.2. The van der Waals surface area contributed by atoms with Crippen molar-refractivity contribution in [3.8, 4) is 6.07 Å². The van der Waals surface area contributed by atoms with E-state index in [4.69, 9.17) is 10.4 Å². The third-order valence-electron chi connectivity index (χ3n) is 3.79. The fraction of sp³-hybridized carbons (Fsp3) is 0.176. The number of carboxylic acid groups (broad SMARTS) is 1. The van der Waals surface area contributed by atoms with E-state index >= 15 is 0 Å². The summed E-state index contributed by atoms with van der Waals surface area (Å²) in [5.41, 5.74) is 1.47. The molecule has 2 aromatic heterocycles. The molecule has 1 aromatic carbocycles. The molecule has 9 heteroatoms. The van der Waals surface area contributed by atoms with Gasteiger partial charge in [0.25, 0.3) is 0 Å². The summed E-state index contributed by atoms with van der Waals surface area (Å²) >= 11 is 0. The number of sulfone groups is 1. The molecular weight excluding hydrogens is 356 g/mol. The van der Waals surface area contributed by atoms with Gasteiger partial charge in [0.15, 0.2) is 15.5 Å². The van der Waals surface area contributed by atoms with Crippen molar-refractivity contribution in [2.24, 2.45) is 0 Å². The minimum Gasteiger partial charge on any atom is -0.478 e. The lowest BCUT2D eigenvalue weighted by Crippen LogP contribution is -2.05. The average molecular weight is 370 g/mol. The minimum atomic E-state index is -3.52. The Morgan fingerprint density at radius 2 is 2.08 bits per heavy atom. The third-order valence-corrected chi connectivity index (χ3v) is 4.90. The van der Waals surface area contributed by atoms with E-state index in [-0.39, 0.29) is 22.7 Å². The molecule has 0 aliphatic carbocycles. The number of carbonyl (C=O) groups is 1. The Balaban J connectivity index is 2.14. The summed E-state index contributed by atoms with van der Waals surface area (Å²) in [6.07, 6.45) is 3.96. The predicted molar refractivity (Wildman–Crippen MR) is 92.6 cm³/mol. The van der Waals surface area contributed by atoms with E-state index in [1.165, 1.54) is 16.9 Å². The minimum absolute atomic E-state index is 0.0936.